The third kappa shape index (κ3) is 3.11. The molecule has 0 radical (unpaired) electrons. The summed E-state index contributed by atoms with van der Waals surface area (Å²) in [5.74, 6) is 6.10. The Hall–Kier alpha value is -3.44. The number of fused-ring (bicyclic) bond motifs is 9. The number of likely N-dealkylation sites (tertiary alicyclic amines) is 1. The number of amides is 1. The van der Waals surface area contributed by atoms with Crippen molar-refractivity contribution >= 4 is 16.9 Å². The first-order chi connectivity index (χ1) is 17.4. The third-order valence-electron chi connectivity index (χ3n) is 6.90. The van der Waals surface area contributed by atoms with Gasteiger partial charge in [-0.25, -0.2) is 4.98 Å². The number of ether oxygens (including phenoxy) is 1. The molecular formula is C26H24F2N4O2. The second kappa shape index (κ2) is 7.28. The Labute approximate surface area is 200 Å². The maximum atomic E-state index is 13.5. The zero-order valence-corrected chi connectivity index (χ0v) is 18.7. The Morgan fingerprint density at radius 2 is 2.09 bits per heavy atom. The molecular weight excluding hydrogens is 438 g/mol. The van der Waals surface area contributed by atoms with Crippen LogP contribution in [-0.4, -0.2) is 59.0 Å². The van der Waals surface area contributed by atoms with Crippen molar-refractivity contribution in [3.05, 3.63) is 58.9 Å². The van der Waals surface area contributed by atoms with Crippen molar-refractivity contribution in [3.63, 3.8) is 0 Å². The van der Waals surface area contributed by atoms with Crippen LogP contribution in [0.15, 0.2) is 36.4 Å². The molecule has 1 fully saturated rings. The first kappa shape index (κ1) is 18.0. The van der Waals surface area contributed by atoms with Crippen LogP contribution in [0.1, 0.15) is 56.8 Å². The molecule has 34 heavy (non-hydrogen) atoms. The van der Waals surface area contributed by atoms with E-state index in [1.807, 2.05) is 29.8 Å². The van der Waals surface area contributed by atoms with Gasteiger partial charge in [-0.15, -0.1) is 0 Å². The zero-order valence-electron chi connectivity index (χ0n) is 21.7. The lowest BCUT2D eigenvalue weighted by Gasteiger charge is -2.42. The quantitative estimate of drug-likeness (QED) is 0.536. The predicted octanol–water partition coefficient (Wildman–Crippen LogP) is 4.06. The Morgan fingerprint density at radius 3 is 2.82 bits per heavy atom. The molecule has 8 heteroatoms. The molecule has 3 aliphatic heterocycles. The molecule has 2 aromatic carbocycles. The number of hydrogen-bond donors (Lipinski definition) is 0. The minimum atomic E-state index is -3.10. The normalized spacial score (nSPS) is 24.3. The molecule has 2 atom stereocenters. The lowest BCUT2D eigenvalue weighted by atomic mass is 9.83. The Bertz CT molecular complexity index is 1500. The molecule has 3 aliphatic rings. The van der Waals surface area contributed by atoms with E-state index >= 15 is 0 Å². The van der Waals surface area contributed by atoms with E-state index in [9.17, 15) is 13.6 Å². The molecule has 6 nitrogen and oxygen atoms in total. The van der Waals surface area contributed by atoms with E-state index in [2.05, 4.69) is 23.7 Å². The van der Waals surface area contributed by atoms with Crippen LogP contribution in [0.25, 0.3) is 11.0 Å². The highest BCUT2D eigenvalue weighted by Crippen LogP contribution is 2.50. The van der Waals surface area contributed by atoms with Crippen LogP contribution < -0.4 is 4.74 Å². The SMILES string of the molecule is [2H]C([2H])([2H])N1C(=O)c2cccc(OC(F)F)c2[C@H]2C[C@@H]1c1nc3ccc(C#CC4(C)CN(C)C4)cc3n12. The van der Waals surface area contributed by atoms with E-state index in [-0.39, 0.29) is 28.7 Å². The van der Waals surface area contributed by atoms with E-state index in [4.69, 9.17) is 13.8 Å². The van der Waals surface area contributed by atoms with Gasteiger partial charge in [-0.05, 0) is 44.3 Å². The molecule has 0 saturated carbocycles. The number of aromatic nitrogens is 2. The van der Waals surface area contributed by atoms with Crippen LogP contribution in [-0.2, 0) is 0 Å². The molecule has 1 amide bonds. The summed E-state index contributed by atoms with van der Waals surface area (Å²) in [7, 11) is 2.04. The number of benzene rings is 2. The fourth-order valence-electron chi connectivity index (χ4n) is 5.63. The van der Waals surface area contributed by atoms with Crippen LogP contribution in [0, 0.1) is 17.3 Å². The van der Waals surface area contributed by atoms with E-state index in [1.54, 1.807) is 0 Å². The van der Waals surface area contributed by atoms with Gasteiger partial charge in [0.2, 0.25) is 0 Å². The molecule has 0 spiro atoms. The van der Waals surface area contributed by atoms with E-state index in [1.165, 1.54) is 18.2 Å². The number of rotatable bonds is 2. The van der Waals surface area contributed by atoms with E-state index in [0.717, 1.165) is 23.6 Å². The molecule has 0 aliphatic carbocycles. The number of hydrogen-bond acceptors (Lipinski definition) is 4. The Kier molecular flexibility index (Phi) is 3.84. The maximum Gasteiger partial charge on any atom is 0.387 e. The van der Waals surface area contributed by atoms with E-state index < -0.39 is 31.6 Å². The fraction of sp³-hybridized carbons (Fsp3) is 0.385. The molecule has 1 aromatic heterocycles. The lowest BCUT2D eigenvalue weighted by molar-refractivity contribution is -0.0507. The summed E-state index contributed by atoms with van der Waals surface area (Å²) < 4.78 is 57.6. The van der Waals surface area contributed by atoms with Crippen LogP contribution >= 0.6 is 0 Å². The van der Waals surface area contributed by atoms with Crippen LogP contribution in [0.4, 0.5) is 8.78 Å². The number of carbonyl (C=O) groups excluding carboxylic acids is 1. The number of halogens is 2. The summed E-state index contributed by atoms with van der Waals surface area (Å²) >= 11 is 0. The molecule has 0 N–H and O–H groups in total. The van der Waals surface area contributed by atoms with Crippen LogP contribution in [0.3, 0.4) is 0 Å². The summed E-state index contributed by atoms with van der Waals surface area (Å²) in [4.78, 5) is 21.2. The van der Waals surface area contributed by atoms with Crippen molar-refractivity contribution in [2.75, 3.05) is 27.1 Å². The van der Waals surface area contributed by atoms with Gasteiger partial charge in [-0.3, -0.25) is 4.79 Å². The average molecular weight is 466 g/mol. The summed E-state index contributed by atoms with van der Waals surface area (Å²) in [6.45, 7) is -1.98. The van der Waals surface area contributed by atoms with Crippen molar-refractivity contribution in [1.82, 2.24) is 19.4 Å². The van der Waals surface area contributed by atoms with Crippen molar-refractivity contribution in [1.29, 1.82) is 0 Å². The highest BCUT2D eigenvalue weighted by atomic mass is 19.3. The van der Waals surface area contributed by atoms with Crippen molar-refractivity contribution in [2.24, 2.45) is 5.41 Å². The summed E-state index contributed by atoms with van der Waals surface area (Å²) in [6.07, 6.45) is 0.180. The first-order valence-electron chi connectivity index (χ1n) is 12.6. The monoisotopic (exact) mass is 465 g/mol. The van der Waals surface area contributed by atoms with Gasteiger partial charge in [0.15, 0.2) is 0 Å². The Morgan fingerprint density at radius 1 is 1.26 bits per heavy atom. The molecule has 1 saturated heterocycles. The first-order valence-corrected chi connectivity index (χ1v) is 11.1. The summed E-state index contributed by atoms with van der Waals surface area (Å²) in [5, 5.41) is 0. The second-order valence-electron chi connectivity index (χ2n) is 9.56. The summed E-state index contributed by atoms with van der Waals surface area (Å²) in [5.41, 5.74) is 2.27. The molecule has 174 valence electrons. The van der Waals surface area contributed by atoms with Gasteiger partial charge in [-0.1, -0.05) is 17.9 Å². The highest BCUT2D eigenvalue weighted by molar-refractivity contribution is 5.97. The second-order valence-corrected chi connectivity index (χ2v) is 9.56. The number of imidazole rings is 1. The predicted molar refractivity (Wildman–Crippen MR) is 123 cm³/mol. The number of alkyl halides is 2. The van der Waals surface area contributed by atoms with Gasteiger partial charge < -0.3 is 19.1 Å². The third-order valence-corrected chi connectivity index (χ3v) is 6.90. The van der Waals surface area contributed by atoms with Gasteiger partial charge in [0.25, 0.3) is 5.91 Å². The molecule has 6 rings (SSSR count). The molecule has 3 aromatic rings. The number of carbonyl (C=O) groups is 1. The van der Waals surface area contributed by atoms with Gasteiger partial charge in [0, 0.05) is 47.3 Å². The van der Waals surface area contributed by atoms with Crippen LogP contribution in [0.2, 0.25) is 0 Å². The van der Waals surface area contributed by atoms with Crippen molar-refractivity contribution < 1.29 is 22.4 Å². The zero-order chi connectivity index (χ0) is 26.3. The van der Waals surface area contributed by atoms with Gasteiger partial charge in [0.05, 0.1) is 28.5 Å². The lowest BCUT2D eigenvalue weighted by Crippen LogP contribution is -2.51. The van der Waals surface area contributed by atoms with Gasteiger partial charge in [-0.2, -0.15) is 8.78 Å². The minimum Gasteiger partial charge on any atom is -0.434 e. The van der Waals surface area contributed by atoms with Gasteiger partial charge >= 0.3 is 6.61 Å². The fourth-order valence-corrected chi connectivity index (χ4v) is 5.63. The van der Waals surface area contributed by atoms with Crippen molar-refractivity contribution in [3.8, 4) is 17.6 Å². The smallest absolute Gasteiger partial charge is 0.387 e. The molecule has 0 unspecified atom stereocenters. The maximum absolute atomic E-state index is 13.5. The summed E-state index contributed by atoms with van der Waals surface area (Å²) in [6, 6.07) is 8.35. The van der Waals surface area contributed by atoms with Crippen molar-refractivity contribution in [2.45, 2.75) is 32.0 Å². The largest absolute Gasteiger partial charge is 0.434 e. The molecule has 2 bridgehead atoms. The van der Waals surface area contributed by atoms with E-state index in [0.29, 0.717) is 16.9 Å². The standard InChI is InChI=1S/C26H24F2N4O2/c1-26(13-30(2)14-26)10-9-15-7-8-17-18(11-15)32-19-12-20(23(32)29-17)31(3)24(33)16-5-4-6-21(22(16)19)34-25(27)28/h4-8,11,19-20,25H,12-14H2,1-3H3/t19-,20-/m1/s1/i3D3. The van der Waals surface area contributed by atoms with Crippen LogP contribution in [0.5, 0.6) is 5.75 Å². The average Bonchev–Trinajstić information content (AvgIpc) is 3.28. The Balaban J connectivity index is 1.55. The molecule has 4 heterocycles. The minimum absolute atomic E-state index is 0.0345. The highest BCUT2D eigenvalue weighted by Gasteiger charge is 2.45. The topological polar surface area (TPSA) is 50.6 Å². The van der Waals surface area contributed by atoms with Gasteiger partial charge in [0.1, 0.15) is 11.6 Å². The number of nitrogens with zero attached hydrogens (tertiary/aromatic N) is 4.